The Hall–Kier alpha value is -14.2. The molecule has 0 aromatic heterocycles. The monoisotopic (exact) mass is 1170 g/mol. The molecule has 0 aromatic carbocycles. The van der Waals surface area contributed by atoms with E-state index in [0.717, 1.165) is 18.2 Å². The van der Waals surface area contributed by atoms with Crippen LogP contribution in [0.1, 0.15) is 9.27 Å². The van der Waals surface area contributed by atoms with Gasteiger partial charge >= 0.3 is 77.8 Å². The number of azo groups is 5. The summed E-state index contributed by atoms with van der Waals surface area (Å²) in [5.41, 5.74) is 73.9. The minimum Gasteiger partial charge on any atom is 0 e. The van der Waals surface area contributed by atoms with Crippen LogP contribution in [0.15, 0.2) is 51.1 Å². The van der Waals surface area contributed by atoms with Gasteiger partial charge in [0.25, 0.3) is 11.8 Å². The fourth-order valence-electron chi connectivity index (χ4n) is 1.05. The number of primary amides is 12. The first-order valence-electron chi connectivity index (χ1n) is 15.1. The molecule has 0 fully saturated rings. The Bertz CT molecular complexity index is 1820. The number of isocyanates is 3. The molecule has 0 atom stereocenters. The molecule has 0 radical (unpaired) electrons. The predicted octanol–water partition coefficient (Wildman–Crippen LogP) is -5.11. The van der Waals surface area contributed by atoms with E-state index >= 15 is 0 Å². The van der Waals surface area contributed by atoms with Gasteiger partial charge in [0.15, 0.2) is 0 Å². The Morgan fingerprint density at radius 1 is 0.450 bits per heavy atom. The summed E-state index contributed by atoms with van der Waals surface area (Å²) in [7, 11) is 0. The first-order valence-corrected chi connectivity index (χ1v) is 15.1. The van der Waals surface area contributed by atoms with E-state index < -0.39 is 83.9 Å². The Balaban J connectivity index is -0.0000000284. The summed E-state index contributed by atoms with van der Waals surface area (Å²) < 4.78 is 7.50. The van der Waals surface area contributed by atoms with Gasteiger partial charge in [0.05, 0.1) is 13.1 Å². The van der Waals surface area contributed by atoms with Crippen LogP contribution in [-0.2, 0) is 47.8 Å². The first-order chi connectivity index (χ1) is 35.7. The van der Waals surface area contributed by atoms with E-state index in [1.54, 1.807) is 0 Å². The third-order valence-electron chi connectivity index (χ3n) is 2.44. The zero-order valence-electron chi connectivity index (χ0n) is 39.4. The molecule has 80 heavy (non-hydrogen) atoms. The molecule has 0 bridgehead atoms. The summed E-state index contributed by atoms with van der Waals surface area (Å²) >= 11 is 0. The molecule has 0 unspecified atom stereocenters. The normalized spacial score (nSPS) is 7.62. The molecular weight excluding hydrogens is 1120 g/mol. The Kier molecular flexibility index (Phi) is 182. The van der Waals surface area contributed by atoms with Crippen molar-refractivity contribution in [3.8, 4) is 0 Å². The zero-order chi connectivity index (χ0) is 65.5. The standard InChI is InChI=1S/2C3H7N3O2.C3H2N2O2.4C2H4N4O2.3CHNO.CO2.CO.2H2N2.2N2.2H3N.H2O.2H2/c2*4-2(7)1-6-3(5)8;6-2-1-3(7)5-4-2;4*3-1(7)5-6-2(4)8;4*2-1-3;5*1-2;;;;;/h2*1H2,(H2,4,7)(H3,5,6,8);1H2;4*(H2,3,7)(H2,4,8);3*2H;;;2*1-2H;;;2*1H3;1H2;2*1H. The Morgan fingerprint density at radius 3 is 0.600 bits per heavy atom. The van der Waals surface area contributed by atoms with E-state index in [2.05, 4.69) is 127 Å². The summed E-state index contributed by atoms with van der Waals surface area (Å²) in [5, 5.41) is 71.0. The van der Waals surface area contributed by atoms with E-state index in [-0.39, 0.29) is 46.3 Å². The van der Waals surface area contributed by atoms with Crippen molar-refractivity contribution < 1.29 is 104 Å². The second-order valence-corrected chi connectivity index (χ2v) is 7.43. The summed E-state index contributed by atoms with van der Waals surface area (Å²) in [4.78, 5) is 178. The van der Waals surface area contributed by atoms with E-state index in [1.807, 2.05) is 10.6 Å². The molecule has 41 N–H and O–H groups in total. The van der Waals surface area contributed by atoms with Crippen molar-refractivity contribution in [2.75, 3.05) is 13.1 Å². The topological polar surface area (TPSA) is 1170 Å². The minimum atomic E-state index is -1.04. The van der Waals surface area contributed by atoms with Crippen LogP contribution < -0.4 is 91.7 Å². The number of amides is 24. The molecule has 58 nitrogen and oxygen atoms in total. The predicted molar refractivity (Wildman–Crippen MR) is 239 cm³/mol. The molecule has 450 valence electrons. The second-order valence-electron chi connectivity index (χ2n) is 7.43. The molecule has 24 amide bonds. The van der Waals surface area contributed by atoms with Crippen molar-refractivity contribution in [1.29, 1.82) is 59.9 Å². The van der Waals surface area contributed by atoms with Gasteiger partial charge in [-0.2, -0.15) is 9.59 Å². The minimum absolute atomic E-state index is 0. The molecule has 0 aliphatic carbocycles. The molecule has 1 aliphatic heterocycles. The average molecular weight is 1170 g/mol. The quantitative estimate of drug-likeness (QED) is 0.0238. The molecule has 0 saturated heterocycles. The number of nitrogens with two attached hydrogens (primary N) is 12. The summed E-state index contributed by atoms with van der Waals surface area (Å²) in [6, 6.07) is -9.80. The van der Waals surface area contributed by atoms with Crippen LogP contribution in [0, 0.1) is 66.6 Å². The van der Waals surface area contributed by atoms with Gasteiger partial charge in [-0.05, 0) is 0 Å². The summed E-state index contributed by atoms with van der Waals surface area (Å²) in [5.74, 6) is -2.09. The van der Waals surface area contributed by atoms with E-state index in [1.165, 1.54) is 0 Å². The van der Waals surface area contributed by atoms with Crippen molar-refractivity contribution >= 4 is 108 Å². The van der Waals surface area contributed by atoms with E-state index in [9.17, 15) is 67.1 Å². The third kappa shape index (κ3) is 410. The summed E-state index contributed by atoms with van der Waals surface area (Å²) in [6.07, 6.45) is 2.36. The summed E-state index contributed by atoms with van der Waals surface area (Å²) in [6.45, 7) is 4.10. The molecule has 1 heterocycles. The van der Waals surface area contributed by atoms with Crippen LogP contribution in [-0.4, -0.2) is 127 Å². The number of urea groups is 10. The SMILES string of the molecule is N.N.N#N.N#N.N=C=O.N=C=O.N=C=O.N=N.N=N.NC(=O)CNC(N)=O.NC(=O)CNC(N)=O.NC(=O)N=NC(N)=O.NC(=O)N=NC(N)=O.NC(=O)N=NC(N)=O.NC(=O)N=NC(N)=O.O.O=C1CC(=O)N=N1.O=C=O.[C-]#[O+].[HH].[HH]. The van der Waals surface area contributed by atoms with Crippen molar-refractivity contribution in [2.24, 2.45) is 120 Å². The van der Waals surface area contributed by atoms with Gasteiger partial charge < -0.3 is 97.2 Å². The van der Waals surface area contributed by atoms with Crippen LogP contribution in [0.3, 0.4) is 0 Å². The van der Waals surface area contributed by atoms with Gasteiger partial charge in [-0.15, -0.1) is 10.2 Å². The molecule has 0 saturated carbocycles. The van der Waals surface area contributed by atoms with Crippen LogP contribution >= 0.6 is 0 Å². The number of carbonyl (C=O) groups excluding carboxylic acids is 19. The second kappa shape index (κ2) is 120. The molecule has 58 heteroatoms. The average Bonchev–Trinajstić information content (AvgIpc) is 3.74. The van der Waals surface area contributed by atoms with Crippen LogP contribution in [0.4, 0.5) is 47.9 Å². The number of carbonyl (C=O) groups is 14. The molecule has 0 spiro atoms. The number of nitrogens with one attached hydrogen (secondary N) is 9. The number of hydrogen-bond acceptors (Lipinski definition) is 32. The van der Waals surface area contributed by atoms with Crippen molar-refractivity contribution in [1.82, 2.24) is 22.9 Å². The van der Waals surface area contributed by atoms with Crippen molar-refractivity contribution in [2.45, 2.75) is 6.42 Å². The number of hydrogen-bond donors (Lipinski definition) is 23. The molecule has 0 aromatic rings. The zero-order valence-corrected chi connectivity index (χ0v) is 39.4. The van der Waals surface area contributed by atoms with E-state index in [0.29, 0.717) is 0 Å². The maximum atomic E-state index is 9.97. The maximum Gasteiger partial charge on any atom is 0 e. The Morgan fingerprint density at radius 2 is 0.562 bits per heavy atom. The number of rotatable bonds is 4. The molecule has 1 aliphatic rings. The van der Waals surface area contributed by atoms with Crippen LogP contribution in [0.25, 0.3) is 0 Å². The largest absolute Gasteiger partial charge is 0 e. The van der Waals surface area contributed by atoms with Gasteiger partial charge in [-0.25, -0.2) is 101 Å². The van der Waals surface area contributed by atoms with Gasteiger partial charge in [0.1, 0.15) is 6.42 Å². The van der Waals surface area contributed by atoms with Gasteiger partial charge in [-0.3, -0.25) is 19.2 Å². The van der Waals surface area contributed by atoms with Gasteiger partial charge in [0, 0.05) is 24.4 Å². The fraction of sp³-hybridized carbons (Fsp3) is 0.136. The van der Waals surface area contributed by atoms with Crippen LogP contribution in [0.5, 0.6) is 0 Å². The maximum absolute atomic E-state index is 9.97. The van der Waals surface area contributed by atoms with Crippen LogP contribution in [0.2, 0.25) is 0 Å². The molecule has 1 rings (SSSR count). The smallest absolute Gasteiger partial charge is 0 e. The Labute approximate surface area is 441 Å². The third-order valence-corrected chi connectivity index (χ3v) is 2.44. The molecular formula is C22H51N37O21. The first kappa shape index (κ1) is 121. The van der Waals surface area contributed by atoms with Crippen molar-refractivity contribution in [3.05, 3.63) is 6.65 Å². The van der Waals surface area contributed by atoms with Crippen molar-refractivity contribution in [3.63, 3.8) is 0 Å². The number of nitrogens with zero attached hydrogens (tertiary/aromatic N) is 14. The van der Waals surface area contributed by atoms with E-state index in [4.69, 9.17) is 88.5 Å². The fourth-order valence-corrected chi connectivity index (χ4v) is 1.05. The van der Waals surface area contributed by atoms with Gasteiger partial charge in [0.2, 0.25) is 30.1 Å². The van der Waals surface area contributed by atoms with Gasteiger partial charge in [-0.1, -0.05) is 40.9 Å².